The summed E-state index contributed by atoms with van der Waals surface area (Å²) in [6.45, 7) is 5.09. The van der Waals surface area contributed by atoms with Gasteiger partial charge in [0.05, 0.1) is 18.8 Å². The molecule has 7 nitrogen and oxygen atoms in total. The molecule has 0 spiro atoms. The maximum absolute atomic E-state index is 12.4. The highest BCUT2D eigenvalue weighted by atomic mass is 16.2. The van der Waals surface area contributed by atoms with Crippen molar-refractivity contribution in [3.8, 4) is 0 Å². The van der Waals surface area contributed by atoms with Crippen LogP contribution in [0.2, 0.25) is 0 Å². The topological polar surface area (TPSA) is 70.0 Å². The second kappa shape index (κ2) is 5.57. The SMILES string of the molecule is O=C(c1cc2n(n1)CCN(Cc1ncc[nH]1)C2)N1CCCC1. The summed E-state index contributed by atoms with van der Waals surface area (Å²) < 4.78 is 1.97. The maximum Gasteiger partial charge on any atom is 0.274 e. The molecule has 2 aromatic rings. The van der Waals surface area contributed by atoms with Crippen LogP contribution in [0.4, 0.5) is 0 Å². The Hall–Kier alpha value is -2.15. The molecule has 7 heteroatoms. The summed E-state index contributed by atoms with van der Waals surface area (Å²) in [5.41, 5.74) is 1.71. The first-order valence-electron chi connectivity index (χ1n) is 7.86. The number of aromatic amines is 1. The predicted molar refractivity (Wildman–Crippen MR) is 80.1 cm³/mol. The van der Waals surface area contributed by atoms with Gasteiger partial charge in [-0.3, -0.25) is 14.4 Å². The molecule has 0 bridgehead atoms. The molecule has 0 aromatic carbocycles. The van der Waals surface area contributed by atoms with Gasteiger partial charge in [-0.1, -0.05) is 0 Å². The molecule has 0 atom stereocenters. The molecule has 4 heterocycles. The van der Waals surface area contributed by atoms with Crippen molar-refractivity contribution in [2.75, 3.05) is 19.6 Å². The van der Waals surface area contributed by atoms with Crippen molar-refractivity contribution < 1.29 is 4.79 Å². The summed E-state index contributed by atoms with van der Waals surface area (Å²) in [4.78, 5) is 24.1. The molecule has 116 valence electrons. The van der Waals surface area contributed by atoms with Gasteiger partial charge in [-0.15, -0.1) is 0 Å². The molecule has 2 aliphatic heterocycles. The summed E-state index contributed by atoms with van der Waals surface area (Å²) in [7, 11) is 0. The van der Waals surface area contributed by atoms with E-state index in [1.165, 1.54) is 0 Å². The molecular formula is C15H20N6O. The van der Waals surface area contributed by atoms with E-state index in [0.717, 1.165) is 63.6 Å². The smallest absolute Gasteiger partial charge is 0.274 e. The van der Waals surface area contributed by atoms with Crippen molar-refractivity contribution >= 4 is 5.91 Å². The van der Waals surface area contributed by atoms with E-state index in [0.29, 0.717) is 5.69 Å². The molecule has 1 amide bonds. The lowest BCUT2D eigenvalue weighted by Gasteiger charge is -2.26. The second-order valence-corrected chi connectivity index (χ2v) is 5.99. The van der Waals surface area contributed by atoms with Gasteiger partial charge in [0.1, 0.15) is 5.82 Å². The first kappa shape index (κ1) is 13.5. The molecule has 4 rings (SSSR count). The van der Waals surface area contributed by atoms with Crippen LogP contribution in [-0.2, 0) is 19.6 Å². The van der Waals surface area contributed by atoms with Crippen molar-refractivity contribution in [1.29, 1.82) is 0 Å². The van der Waals surface area contributed by atoms with Gasteiger partial charge in [0.15, 0.2) is 5.69 Å². The highest BCUT2D eigenvalue weighted by molar-refractivity contribution is 5.92. The quantitative estimate of drug-likeness (QED) is 0.912. The zero-order chi connectivity index (χ0) is 14.9. The number of aromatic nitrogens is 4. The van der Waals surface area contributed by atoms with Gasteiger partial charge in [-0.05, 0) is 18.9 Å². The van der Waals surface area contributed by atoms with Crippen LogP contribution < -0.4 is 0 Å². The molecular weight excluding hydrogens is 280 g/mol. The average molecular weight is 300 g/mol. The minimum absolute atomic E-state index is 0.0805. The standard InChI is InChI=1S/C15H20N6O/c22-15(20-5-1-2-6-20)13-9-12-10-19(7-8-21(12)18-13)11-14-16-3-4-17-14/h3-4,9H,1-2,5-8,10-11H2,(H,16,17). The van der Waals surface area contributed by atoms with Gasteiger partial charge in [0.25, 0.3) is 5.91 Å². The van der Waals surface area contributed by atoms with Crippen LogP contribution in [-0.4, -0.2) is 55.1 Å². The average Bonchev–Trinajstić information content (AvgIpc) is 3.27. The summed E-state index contributed by atoms with van der Waals surface area (Å²) in [5.74, 6) is 1.05. The largest absolute Gasteiger partial charge is 0.348 e. The van der Waals surface area contributed by atoms with E-state index in [2.05, 4.69) is 20.0 Å². The summed E-state index contributed by atoms with van der Waals surface area (Å²) >= 11 is 0. The van der Waals surface area contributed by atoms with E-state index >= 15 is 0 Å². The van der Waals surface area contributed by atoms with E-state index < -0.39 is 0 Å². The number of imidazole rings is 1. The Morgan fingerprint density at radius 1 is 1.23 bits per heavy atom. The summed E-state index contributed by atoms with van der Waals surface area (Å²) in [6.07, 6.45) is 5.83. The van der Waals surface area contributed by atoms with E-state index in [1.54, 1.807) is 6.20 Å². The van der Waals surface area contributed by atoms with E-state index in [9.17, 15) is 4.79 Å². The number of carbonyl (C=O) groups excluding carboxylic acids is 1. The lowest BCUT2D eigenvalue weighted by molar-refractivity contribution is 0.0786. The van der Waals surface area contributed by atoms with Gasteiger partial charge in [-0.2, -0.15) is 5.10 Å². The normalized spacial score (nSPS) is 18.6. The number of hydrogen-bond donors (Lipinski definition) is 1. The lowest BCUT2D eigenvalue weighted by atomic mass is 10.2. The number of fused-ring (bicyclic) bond motifs is 1. The molecule has 0 radical (unpaired) electrons. The van der Waals surface area contributed by atoms with Gasteiger partial charge in [0, 0.05) is 38.6 Å². The third-order valence-electron chi connectivity index (χ3n) is 4.42. The molecule has 0 unspecified atom stereocenters. The molecule has 0 saturated carbocycles. The van der Waals surface area contributed by atoms with Gasteiger partial charge in [0.2, 0.25) is 0 Å². The Labute approximate surface area is 128 Å². The second-order valence-electron chi connectivity index (χ2n) is 5.99. The number of nitrogens with zero attached hydrogens (tertiary/aromatic N) is 5. The molecule has 1 N–H and O–H groups in total. The third kappa shape index (κ3) is 2.52. The number of amides is 1. The number of H-pyrrole nitrogens is 1. The summed E-state index contributed by atoms with van der Waals surface area (Å²) in [5, 5.41) is 4.50. The van der Waals surface area contributed by atoms with Crippen LogP contribution >= 0.6 is 0 Å². The number of likely N-dealkylation sites (tertiary alicyclic amines) is 1. The zero-order valence-corrected chi connectivity index (χ0v) is 12.5. The van der Waals surface area contributed by atoms with Crippen LogP contribution in [0.5, 0.6) is 0 Å². The van der Waals surface area contributed by atoms with Crippen LogP contribution in [0.1, 0.15) is 34.8 Å². The minimum Gasteiger partial charge on any atom is -0.348 e. The van der Waals surface area contributed by atoms with Crippen molar-refractivity contribution in [2.24, 2.45) is 0 Å². The van der Waals surface area contributed by atoms with Gasteiger partial charge in [-0.25, -0.2) is 4.98 Å². The number of rotatable bonds is 3. The van der Waals surface area contributed by atoms with Gasteiger partial charge >= 0.3 is 0 Å². The van der Waals surface area contributed by atoms with Crippen molar-refractivity contribution in [2.45, 2.75) is 32.5 Å². The fourth-order valence-electron chi connectivity index (χ4n) is 3.24. The monoisotopic (exact) mass is 300 g/mol. The Balaban J connectivity index is 1.47. The van der Waals surface area contributed by atoms with E-state index in [1.807, 2.05) is 21.8 Å². The molecule has 0 aliphatic carbocycles. The lowest BCUT2D eigenvalue weighted by Crippen LogP contribution is -2.33. The molecule has 1 saturated heterocycles. The fourth-order valence-corrected chi connectivity index (χ4v) is 3.24. The van der Waals surface area contributed by atoms with Crippen LogP contribution in [0.15, 0.2) is 18.5 Å². The molecule has 1 fully saturated rings. The van der Waals surface area contributed by atoms with Crippen LogP contribution in [0.3, 0.4) is 0 Å². The van der Waals surface area contributed by atoms with E-state index in [4.69, 9.17) is 0 Å². The summed E-state index contributed by atoms with van der Waals surface area (Å²) in [6, 6.07) is 1.95. The fraction of sp³-hybridized carbons (Fsp3) is 0.533. The van der Waals surface area contributed by atoms with E-state index in [-0.39, 0.29) is 5.91 Å². The highest BCUT2D eigenvalue weighted by Crippen LogP contribution is 2.18. The molecule has 2 aliphatic rings. The first-order valence-corrected chi connectivity index (χ1v) is 7.86. The number of carbonyl (C=O) groups is 1. The highest BCUT2D eigenvalue weighted by Gasteiger charge is 2.25. The first-order chi connectivity index (χ1) is 10.8. The van der Waals surface area contributed by atoms with Crippen LogP contribution in [0, 0.1) is 0 Å². The number of hydrogen-bond acceptors (Lipinski definition) is 4. The van der Waals surface area contributed by atoms with Crippen molar-refractivity contribution in [3.63, 3.8) is 0 Å². The van der Waals surface area contributed by atoms with Crippen LogP contribution in [0.25, 0.3) is 0 Å². The predicted octanol–water partition coefficient (Wildman–Crippen LogP) is 0.858. The molecule has 2 aromatic heterocycles. The Bertz CT molecular complexity index is 656. The Morgan fingerprint density at radius 2 is 2.09 bits per heavy atom. The van der Waals surface area contributed by atoms with Crippen molar-refractivity contribution in [1.82, 2.24) is 29.5 Å². The number of nitrogens with one attached hydrogen (secondary N) is 1. The minimum atomic E-state index is 0.0805. The Morgan fingerprint density at radius 3 is 2.86 bits per heavy atom. The van der Waals surface area contributed by atoms with Gasteiger partial charge < -0.3 is 9.88 Å². The van der Waals surface area contributed by atoms with Crippen molar-refractivity contribution in [3.05, 3.63) is 35.7 Å². The molecule has 22 heavy (non-hydrogen) atoms. The third-order valence-corrected chi connectivity index (χ3v) is 4.42. The zero-order valence-electron chi connectivity index (χ0n) is 12.5. The Kier molecular flexibility index (Phi) is 3.42. The maximum atomic E-state index is 12.4.